The third-order valence-electron chi connectivity index (χ3n) is 3.20. The number of likely N-dealkylation sites (N-methyl/N-ethyl adjacent to an activating group) is 1. The highest BCUT2D eigenvalue weighted by atomic mass is 32.1. The van der Waals surface area contributed by atoms with Crippen molar-refractivity contribution in [1.82, 2.24) is 4.98 Å². The summed E-state index contributed by atoms with van der Waals surface area (Å²) < 4.78 is 1.28. The summed E-state index contributed by atoms with van der Waals surface area (Å²) in [4.78, 5) is 6.94. The number of benzene rings is 2. The Labute approximate surface area is 117 Å². The number of anilines is 1. The van der Waals surface area contributed by atoms with Crippen molar-refractivity contribution in [3.63, 3.8) is 0 Å². The summed E-state index contributed by atoms with van der Waals surface area (Å²) >= 11 is 1.80. The van der Waals surface area contributed by atoms with Crippen molar-refractivity contribution in [3.05, 3.63) is 59.6 Å². The molecule has 0 bridgehead atoms. The van der Waals surface area contributed by atoms with E-state index in [0.717, 1.165) is 18.5 Å². The van der Waals surface area contributed by atoms with Crippen molar-refractivity contribution < 1.29 is 0 Å². The Bertz CT molecular complexity index is 628. The molecule has 1 aromatic heterocycles. The van der Waals surface area contributed by atoms with Crippen LogP contribution in [0.25, 0.3) is 10.2 Å². The fourth-order valence-corrected chi connectivity index (χ4v) is 3.06. The van der Waals surface area contributed by atoms with Crippen LogP contribution in [0.5, 0.6) is 0 Å². The zero-order valence-electron chi connectivity index (χ0n) is 10.9. The van der Waals surface area contributed by atoms with Crippen molar-refractivity contribution in [2.75, 3.05) is 18.5 Å². The monoisotopic (exact) mass is 268 g/mol. The zero-order valence-corrected chi connectivity index (χ0v) is 11.7. The van der Waals surface area contributed by atoms with Gasteiger partial charge in [0.25, 0.3) is 0 Å². The number of aromatic nitrogens is 1. The third kappa shape index (κ3) is 2.76. The van der Waals surface area contributed by atoms with Crippen molar-refractivity contribution in [2.45, 2.75) is 6.42 Å². The molecule has 2 aromatic carbocycles. The maximum Gasteiger partial charge on any atom is 0.0956 e. The molecule has 19 heavy (non-hydrogen) atoms. The van der Waals surface area contributed by atoms with Crippen molar-refractivity contribution in [2.24, 2.45) is 0 Å². The fraction of sp³-hybridized carbons (Fsp3) is 0.188. The molecule has 0 aliphatic rings. The molecule has 3 aromatic rings. The van der Waals surface area contributed by atoms with E-state index in [1.54, 1.807) is 11.3 Å². The Kier molecular flexibility index (Phi) is 3.47. The Hall–Kier alpha value is -1.87. The van der Waals surface area contributed by atoms with Crippen molar-refractivity contribution >= 4 is 27.2 Å². The van der Waals surface area contributed by atoms with Gasteiger partial charge in [-0.1, -0.05) is 30.3 Å². The Morgan fingerprint density at radius 2 is 1.74 bits per heavy atom. The number of rotatable bonds is 4. The molecular formula is C16H16N2S. The van der Waals surface area contributed by atoms with Crippen LogP contribution in [0.3, 0.4) is 0 Å². The molecule has 0 N–H and O–H groups in total. The zero-order chi connectivity index (χ0) is 13.1. The van der Waals surface area contributed by atoms with Crippen LogP contribution in [0, 0.1) is 0 Å². The first kappa shape index (κ1) is 12.2. The van der Waals surface area contributed by atoms with E-state index < -0.39 is 0 Å². The van der Waals surface area contributed by atoms with Crippen LogP contribution in [0.1, 0.15) is 5.01 Å². The number of thiazole rings is 1. The number of hydrogen-bond donors (Lipinski definition) is 0. The molecule has 1 heterocycles. The van der Waals surface area contributed by atoms with Crippen LogP contribution in [-0.2, 0) is 6.42 Å². The molecule has 0 aliphatic heterocycles. The second-order valence-electron chi connectivity index (χ2n) is 4.58. The molecule has 3 rings (SSSR count). The minimum absolute atomic E-state index is 0.990. The lowest BCUT2D eigenvalue weighted by atomic mass is 10.3. The molecule has 0 atom stereocenters. The lowest BCUT2D eigenvalue weighted by molar-refractivity contribution is 0.872. The first-order valence-corrected chi connectivity index (χ1v) is 7.25. The summed E-state index contributed by atoms with van der Waals surface area (Å²) in [5.41, 5.74) is 2.37. The van der Waals surface area contributed by atoms with Crippen LogP contribution < -0.4 is 4.90 Å². The van der Waals surface area contributed by atoms with Gasteiger partial charge in [0.05, 0.1) is 15.2 Å². The Morgan fingerprint density at radius 1 is 1.00 bits per heavy atom. The highest BCUT2D eigenvalue weighted by Gasteiger charge is 2.05. The predicted molar refractivity (Wildman–Crippen MR) is 83.0 cm³/mol. The van der Waals surface area contributed by atoms with E-state index in [-0.39, 0.29) is 0 Å². The van der Waals surface area contributed by atoms with E-state index in [9.17, 15) is 0 Å². The third-order valence-corrected chi connectivity index (χ3v) is 4.29. The minimum atomic E-state index is 0.990. The molecule has 0 radical (unpaired) electrons. The Morgan fingerprint density at radius 3 is 2.53 bits per heavy atom. The Balaban J connectivity index is 1.69. The van der Waals surface area contributed by atoms with Crippen LogP contribution in [0.2, 0.25) is 0 Å². The number of para-hydroxylation sites is 2. The van der Waals surface area contributed by atoms with Crippen molar-refractivity contribution in [3.8, 4) is 0 Å². The lowest BCUT2D eigenvalue weighted by Crippen LogP contribution is -2.19. The average Bonchev–Trinajstić information content (AvgIpc) is 2.88. The van der Waals surface area contributed by atoms with Gasteiger partial charge < -0.3 is 4.90 Å². The van der Waals surface area contributed by atoms with Gasteiger partial charge in [-0.2, -0.15) is 0 Å². The van der Waals surface area contributed by atoms with Crippen LogP contribution in [0.15, 0.2) is 54.6 Å². The normalized spacial score (nSPS) is 10.8. The maximum atomic E-state index is 4.67. The molecule has 0 unspecified atom stereocenters. The summed E-state index contributed by atoms with van der Waals surface area (Å²) in [6.07, 6.45) is 0.991. The molecule has 96 valence electrons. The second kappa shape index (κ2) is 5.41. The standard InChI is InChI=1S/C16H16N2S/c1-18(13-7-3-2-4-8-13)12-11-16-17-14-9-5-6-10-15(14)19-16/h2-10H,11-12H2,1H3. The van der Waals surface area contributed by atoms with E-state index in [4.69, 9.17) is 0 Å². The summed E-state index contributed by atoms with van der Waals surface area (Å²) in [5.74, 6) is 0. The van der Waals surface area contributed by atoms with E-state index in [2.05, 4.69) is 59.4 Å². The van der Waals surface area contributed by atoms with Gasteiger partial charge in [-0.25, -0.2) is 4.98 Å². The summed E-state index contributed by atoms with van der Waals surface area (Å²) in [6, 6.07) is 18.8. The molecular weight excluding hydrogens is 252 g/mol. The quantitative estimate of drug-likeness (QED) is 0.711. The molecule has 2 nitrogen and oxygen atoms in total. The highest BCUT2D eigenvalue weighted by Crippen LogP contribution is 2.22. The first-order valence-electron chi connectivity index (χ1n) is 6.43. The van der Waals surface area contributed by atoms with Gasteiger partial charge in [0.1, 0.15) is 0 Å². The molecule has 0 fully saturated rings. The summed E-state index contributed by atoms with van der Waals surface area (Å²) in [7, 11) is 2.13. The second-order valence-corrected chi connectivity index (χ2v) is 5.70. The topological polar surface area (TPSA) is 16.1 Å². The van der Waals surface area contributed by atoms with Gasteiger partial charge in [0.2, 0.25) is 0 Å². The average molecular weight is 268 g/mol. The highest BCUT2D eigenvalue weighted by molar-refractivity contribution is 7.18. The SMILES string of the molecule is CN(CCc1nc2ccccc2s1)c1ccccc1. The molecule has 0 amide bonds. The van der Waals surface area contributed by atoms with Gasteiger partial charge >= 0.3 is 0 Å². The molecule has 0 spiro atoms. The van der Waals surface area contributed by atoms with Gasteiger partial charge in [-0.05, 0) is 24.3 Å². The molecule has 0 saturated heterocycles. The van der Waals surface area contributed by atoms with Gasteiger partial charge in [0, 0.05) is 25.7 Å². The van der Waals surface area contributed by atoms with Crippen molar-refractivity contribution in [1.29, 1.82) is 0 Å². The smallest absolute Gasteiger partial charge is 0.0956 e. The minimum Gasteiger partial charge on any atom is -0.374 e. The maximum absolute atomic E-state index is 4.67. The number of hydrogen-bond acceptors (Lipinski definition) is 3. The summed E-state index contributed by atoms with van der Waals surface area (Å²) in [6.45, 7) is 0.990. The number of nitrogens with zero attached hydrogens (tertiary/aromatic N) is 2. The molecule has 0 aliphatic carbocycles. The molecule has 0 saturated carbocycles. The van der Waals surface area contributed by atoms with E-state index in [1.165, 1.54) is 15.4 Å². The number of fused-ring (bicyclic) bond motifs is 1. The van der Waals surface area contributed by atoms with Crippen LogP contribution >= 0.6 is 11.3 Å². The van der Waals surface area contributed by atoms with E-state index in [1.807, 2.05) is 12.1 Å². The van der Waals surface area contributed by atoms with Gasteiger partial charge in [0.15, 0.2) is 0 Å². The van der Waals surface area contributed by atoms with Gasteiger partial charge in [-0.15, -0.1) is 11.3 Å². The largest absolute Gasteiger partial charge is 0.374 e. The summed E-state index contributed by atoms with van der Waals surface area (Å²) in [5, 5.41) is 1.21. The van der Waals surface area contributed by atoms with Crippen LogP contribution in [-0.4, -0.2) is 18.6 Å². The van der Waals surface area contributed by atoms with Crippen LogP contribution in [0.4, 0.5) is 5.69 Å². The van der Waals surface area contributed by atoms with E-state index >= 15 is 0 Å². The van der Waals surface area contributed by atoms with Gasteiger partial charge in [-0.3, -0.25) is 0 Å². The lowest BCUT2D eigenvalue weighted by Gasteiger charge is -2.18. The van der Waals surface area contributed by atoms with E-state index in [0.29, 0.717) is 0 Å². The fourth-order valence-electron chi connectivity index (χ4n) is 2.10. The molecule has 3 heteroatoms. The first-order chi connectivity index (χ1) is 9.33. The predicted octanol–water partition coefficient (Wildman–Crippen LogP) is 3.98.